The molecule has 1 heterocycles. The summed E-state index contributed by atoms with van der Waals surface area (Å²) in [6.45, 7) is 0. The normalized spacial score (nSPS) is 12.5. The van der Waals surface area contributed by atoms with Gasteiger partial charge in [0.2, 0.25) is 0 Å². The van der Waals surface area contributed by atoms with Gasteiger partial charge in [0.25, 0.3) is 5.19 Å². The van der Waals surface area contributed by atoms with Crippen molar-refractivity contribution in [1.82, 2.24) is 4.98 Å². The molecule has 0 bridgehead atoms. The van der Waals surface area contributed by atoms with Crippen molar-refractivity contribution in [1.29, 1.82) is 0 Å². The van der Waals surface area contributed by atoms with Crippen LogP contribution in [0.25, 0.3) is 0 Å². The monoisotopic (exact) mass is 244 g/mol. The van der Waals surface area contributed by atoms with Gasteiger partial charge in [-0.3, -0.25) is 0 Å². The molecule has 7 nitrogen and oxygen atoms in total. The van der Waals surface area contributed by atoms with Gasteiger partial charge in [0.1, 0.15) is 0 Å². The maximum atomic E-state index is 10.7. The fraction of sp³-hybridized carbons (Fsp3) is 0. The molecule has 0 aromatic carbocycles. The molecule has 0 aliphatic carbocycles. The summed E-state index contributed by atoms with van der Waals surface area (Å²) >= 11 is 0.908. The second kappa shape index (κ2) is 4.07. The Bertz CT molecular complexity index is 384. The van der Waals surface area contributed by atoms with Gasteiger partial charge < -0.3 is 4.18 Å². The van der Waals surface area contributed by atoms with Crippen LogP contribution in [-0.4, -0.2) is 18.3 Å². The zero-order valence-electron chi connectivity index (χ0n) is 5.85. The first kappa shape index (κ1) is 10.5. The van der Waals surface area contributed by atoms with Crippen molar-refractivity contribution in [2.75, 3.05) is 0 Å². The van der Waals surface area contributed by atoms with Crippen LogP contribution < -0.4 is 4.18 Å². The molecule has 0 saturated carbocycles. The molecule has 1 aromatic heterocycles. The number of nitrogens with zero attached hydrogens (tertiary/aromatic N) is 1. The van der Waals surface area contributed by atoms with Crippen LogP contribution in [0.1, 0.15) is 0 Å². The molecule has 1 unspecified atom stereocenters. The highest BCUT2D eigenvalue weighted by Gasteiger charge is 2.30. The molecule has 1 N–H and O–H groups in total. The van der Waals surface area contributed by atoms with Crippen LogP contribution in [-0.2, 0) is 18.9 Å². The highest BCUT2D eigenvalue weighted by Crippen LogP contribution is 2.23. The first-order valence-corrected chi connectivity index (χ1v) is 6.03. The van der Waals surface area contributed by atoms with E-state index in [1.165, 1.54) is 11.6 Å². The van der Waals surface area contributed by atoms with Crippen LogP contribution in [0.2, 0.25) is 0 Å². The van der Waals surface area contributed by atoms with E-state index in [0.29, 0.717) is 0 Å². The van der Waals surface area contributed by atoms with Gasteiger partial charge in [0.15, 0.2) is 0 Å². The molecule has 1 rings (SSSR count). The Labute approximate surface area is 78.2 Å². The number of thiazole rings is 1. The van der Waals surface area contributed by atoms with Gasteiger partial charge >= 0.3 is 18.7 Å². The Morgan fingerprint density at radius 2 is 2.31 bits per heavy atom. The van der Waals surface area contributed by atoms with E-state index in [1.807, 2.05) is 0 Å². The maximum absolute atomic E-state index is 10.7. The maximum Gasteiger partial charge on any atom is 0.714 e. The average molecular weight is 244 g/mol. The lowest BCUT2D eigenvalue weighted by Crippen LogP contribution is -2.09. The van der Waals surface area contributed by atoms with E-state index in [9.17, 15) is 13.0 Å². The zero-order chi connectivity index (χ0) is 9.90. The third kappa shape index (κ3) is 3.75. The molecule has 0 fully saturated rings. The summed E-state index contributed by atoms with van der Waals surface area (Å²) < 4.78 is 39.1. The van der Waals surface area contributed by atoms with Crippen LogP contribution in [0.15, 0.2) is 11.6 Å². The fourth-order valence-corrected chi connectivity index (χ4v) is 2.16. The number of aromatic nitrogens is 1. The van der Waals surface area contributed by atoms with Gasteiger partial charge in [-0.15, -0.1) is 4.89 Å². The van der Waals surface area contributed by atoms with Crippen molar-refractivity contribution in [2.45, 2.75) is 0 Å². The molecule has 0 amide bonds. The summed E-state index contributed by atoms with van der Waals surface area (Å²) in [5, 5.41) is 1.29. The van der Waals surface area contributed by atoms with Gasteiger partial charge in [-0.25, -0.2) is 4.98 Å². The molecule has 0 radical (unpaired) electrons. The van der Waals surface area contributed by atoms with Gasteiger partial charge in [0.05, 0.1) is 3.97 Å². The van der Waals surface area contributed by atoms with Crippen molar-refractivity contribution in [3.05, 3.63) is 11.6 Å². The first-order chi connectivity index (χ1) is 5.99. The Morgan fingerprint density at radius 3 is 2.77 bits per heavy atom. The van der Waals surface area contributed by atoms with E-state index in [2.05, 4.69) is 13.1 Å². The Morgan fingerprint density at radius 1 is 1.62 bits per heavy atom. The summed E-state index contributed by atoms with van der Waals surface area (Å²) in [7, 11) is -7.75. The summed E-state index contributed by atoms with van der Waals surface area (Å²) in [5.74, 6) is 0. The van der Waals surface area contributed by atoms with E-state index < -0.39 is 18.7 Å². The number of hydrogen-bond acceptors (Lipinski definition) is 7. The van der Waals surface area contributed by atoms with Gasteiger partial charge in [-0.2, -0.15) is 8.42 Å². The topological polar surface area (TPSA) is 103 Å². The molecule has 72 valence electrons. The molecule has 1 aromatic rings. The van der Waals surface area contributed by atoms with Crippen molar-refractivity contribution in [3.63, 3.8) is 0 Å². The van der Waals surface area contributed by atoms with E-state index >= 15 is 0 Å². The molecule has 0 saturated heterocycles. The molecule has 1 atom stereocenters. The minimum absolute atomic E-state index is 0.183. The van der Waals surface area contributed by atoms with Crippen molar-refractivity contribution >= 4 is 30.0 Å². The quantitative estimate of drug-likeness (QED) is 0.766. The average Bonchev–Trinajstić information content (AvgIpc) is 2.34. The Balaban J connectivity index is 2.68. The summed E-state index contributed by atoms with van der Waals surface area (Å²) in [6, 6.07) is 0. The van der Waals surface area contributed by atoms with Gasteiger partial charge in [-0.05, 0) is 0 Å². The fourth-order valence-electron chi connectivity index (χ4n) is 0.432. The second-order valence-corrected chi connectivity index (χ2v) is 4.51. The first-order valence-electron chi connectivity index (χ1n) is 2.69. The Hall–Kier alpha value is -0.600. The largest absolute Gasteiger partial charge is 0.714 e. The van der Waals surface area contributed by atoms with Gasteiger partial charge in [0, 0.05) is 16.1 Å². The molecular weight excluding hydrogens is 241 g/mol. The minimum atomic E-state index is -4.49. The third-order valence-electron chi connectivity index (χ3n) is 0.738. The van der Waals surface area contributed by atoms with Crippen LogP contribution in [0.4, 0.5) is 0 Å². The second-order valence-electron chi connectivity index (χ2n) is 1.60. The van der Waals surface area contributed by atoms with Crippen molar-refractivity contribution in [3.8, 4) is 5.19 Å². The number of rotatable bonds is 4. The molecule has 0 aliphatic rings. The summed E-state index contributed by atoms with van der Waals surface area (Å²) in [5.41, 5.74) is 0. The van der Waals surface area contributed by atoms with Crippen LogP contribution in [0.5, 0.6) is 5.19 Å². The minimum Gasteiger partial charge on any atom is -0.328 e. The summed E-state index contributed by atoms with van der Waals surface area (Å²) in [4.78, 5) is 11.6. The highest BCUT2D eigenvalue weighted by molar-refractivity contribution is 7.85. The molecular formula is C3H3NO6PS2+. The predicted octanol–water partition coefficient (Wildman–Crippen LogP) is 0.433. The van der Waals surface area contributed by atoms with Crippen molar-refractivity contribution in [2.24, 2.45) is 0 Å². The van der Waals surface area contributed by atoms with Gasteiger partial charge in [-0.1, -0.05) is 11.3 Å². The lowest BCUT2D eigenvalue weighted by molar-refractivity contribution is 0.360. The van der Waals surface area contributed by atoms with Crippen molar-refractivity contribution < 1.29 is 26.0 Å². The lowest BCUT2D eigenvalue weighted by Gasteiger charge is -1.93. The standard InChI is InChI=1S/C3H2NO6PS2/c5-11(6)10-13(7,8)9-3-4-1-2-12-3/h1-2H/p+1. The molecule has 13 heavy (non-hydrogen) atoms. The zero-order valence-corrected chi connectivity index (χ0v) is 8.38. The van der Waals surface area contributed by atoms with E-state index in [-0.39, 0.29) is 5.19 Å². The van der Waals surface area contributed by atoms with Crippen LogP contribution in [0, 0.1) is 0 Å². The Kier molecular flexibility index (Phi) is 3.28. The smallest absolute Gasteiger partial charge is 0.328 e. The summed E-state index contributed by atoms with van der Waals surface area (Å²) in [6.07, 6.45) is 1.31. The highest BCUT2D eigenvalue weighted by atomic mass is 32.3. The molecule has 10 heteroatoms. The predicted molar refractivity (Wildman–Crippen MR) is 42.6 cm³/mol. The van der Waals surface area contributed by atoms with Crippen LogP contribution in [0.3, 0.4) is 0 Å². The lowest BCUT2D eigenvalue weighted by atomic mass is 11.0. The third-order valence-corrected chi connectivity index (χ3v) is 3.09. The molecule has 0 aliphatic heterocycles. The number of hydrogen-bond donors (Lipinski definition) is 1. The van der Waals surface area contributed by atoms with Crippen LogP contribution >= 0.6 is 19.6 Å². The molecule has 0 spiro atoms. The van der Waals surface area contributed by atoms with E-state index in [0.717, 1.165) is 11.3 Å². The van der Waals surface area contributed by atoms with E-state index in [1.54, 1.807) is 0 Å². The SMILES string of the molecule is O=[P+](O)OS(=O)(=O)Oc1nccs1. The van der Waals surface area contributed by atoms with E-state index in [4.69, 9.17) is 4.89 Å².